The van der Waals surface area contributed by atoms with Crippen LogP contribution in [-0.2, 0) is 4.79 Å². The molecule has 0 bridgehead atoms. The molecule has 0 aromatic carbocycles. The average Bonchev–Trinajstić information content (AvgIpc) is 2.47. The van der Waals surface area contributed by atoms with Crippen LogP contribution in [0, 0.1) is 5.92 Å². The van der Waals surface area contributed by atoms with Gasteiger partial charge < -0.3 is 5.32 Å². The molecule has 12 heavy (non-hydrogen) atoms. The molecule has 2 nitrogen and oxygen atoms in total. The molecule has 0 radical (unpaired) electrons. The Bertz CT molecular complexity index is 197. The normalized spacial score (nSPS) is 20.6. The second-order valence-corrected chi connectivity index (χ2v) is 3.96. The highest BCUT2D eigenvalue weighted by Gasteiger charge is 2.15. The summed E-state index contributed by atoms with van der Waals surface area (Å²) >= 11 is 1.61. The SMILES string of the molecule is CCC(C=C1NC(=O)CS1)CC. The number of amides is 1. The lowest BCUT2D eigenvalue weighted by atomic mass is 10.0. The maximum absolute atomic E-state index is 10.8. The molecule has 68 valence electrons. The van der Waals surface area contributed by atoms with Crippen LogP contribution in [0.4, 0.5) is 0 Å². The average molecular weight is 185 g/mol. The van der Waals surface area contributed by atoms with Gasteiger partial charge in [-0.05, 0) is 18.8 Å². The molecule has 1 fully saturated rings. The van der Waals surface area contributed by atoms with Crippen LogP contribution in [0.1, 0.15) is 26.7 Å². The van der Waals surface area contributed by atoms with Crippen molar-refractivity contribution in [3.05, 3.63) is 11.1 Å². The zero-order chi connectivity index (χ0) is 8.97. The zero-order valence-corrected chi connectivity index (χ0v) is 8.41. The summed E-state index contributed by atoms with van der Waals surface area (Å²) in [6.07, 6.45) is 4.47. The van der Waals surface area contributed by atoms with Gasteiger partial charge in [-0.25, -0.2) is 0 Å². The van der Waals surface area contributed by atoms with Crippen LogP contribution in [-0.4, -0.2) is 11.7 Å². The third kappa shape index (κ3) is 2.55. The van der Waals surface area contributed by atoms with Crippen LogP contribution in [0.3, 0.4) is 0 Å². The van der Waals surface area contributed by atoms with Gasteiger partial charge in [0.15, 0.2) is 0 Å². The lowest BCUT2D eigenvalue weighted by Crippen LogP contribution is -2.14. The van der Waals surface area contributed by atoms with Crippen molar-refractivity contribution in [1.29, 1.82) is 0 Å². The molecule has 0 unspecified atom stereocenters. The van der Waals surface area contributed by atoms with E-state index in [0.29, 0.717) is 11.7 Å². The second kappa shape index (κ2) is 4.55. The lowest BCUT2D eigenvalue weighted by Gasteiger charge is -2.06. The van der Waals surface area contributed by atoms with E-state index in [0.717, 1.165) is 17.9 Å². The number of allylic oxidation sites excluding steroid dienone is 1. The van der Waals surface area contributed by atoms with Crippen molar-refractivity contribution < 1.29 is 4.79 Å². The number of carbonyl (C=O) groups excluding carboxylic acids is 1. The number of rotatable bonds is 3. The summed E-state index contributed by atoms with van der Waals surface area (Å²) in [6.45, 7) is 4.35. The molecule has 0 atom stereocenters. The van der Waals surface area contributed by atoms with Crippen molar-refractivity contribution in [3.63, 3.8) is 0 Å². The Labute approximate surface area is 77.8 Å². The van der Waals surface area contributed by atoms with Crippen molar-refractivity contribution in [2.24, 2.45) is 5.92 Å². The number of thioether (sulfide) groups is 1. The molecule has 0 aromatic heterocycles. The van der Waals surface area contributed by atoms with Gasteiger partial charge in [0.1, 0.15) is 0 Å². The van der Waals surface area contributed by atoms with Crippen molar-refractivity contribution >= 4 is 17.7 Å². The highest BCUT2D eigenvalue weighted by Crippen LogP contribution is 2.22. The molecular formula is C9H15NOS. The van der Waals surface area contributed by atoms with E-state index in [1.807, 2.05) is 0 Å². The van der Waals surface area contributed by atoms with Gasteiger partial charge >= 0.3 is 0 Å². The fourth-order valence-corrected chi connectivity index (χ4v) is 2.01. The van der Waals surface area contributed by atoms with Crippen LogP contribution in [0.25, 0.3) is 0 Å². The molecule has 1 rings (SSSR count). The Kier molecular flexibility index (Phi) is 3.66. The fourth-order valence-electron chi connectivity index (χ4n) is 1.18. The summed E-state index contributed by atoms with van der Waals surface area (Å²) in [5.74, 6) is 1.34. The first-order valence-electron chi connectivity index (χ1n) is 4.40. The van der Waals surface area contributed by atoms with Gasteiger partial charge in [-0.15, -0.1) is 0 Å². The maximum Gasteiger partial charge on any atom is 0.235 e. The maximum atomic E-state index is 10.8. The number of carbonyl (C=O) groups is 1. The first-order valence-corrected chi connectivity index (χ1v) is 5.39. The van der Waals surface area contributed by atoms with E-state index in [2.05, 4.69) is 25.2 Å². The topological polar surface area (TPSA) is 29.1 Å². The zero-order valence-electron chi connectivity index (χ0n) is 7.59. The molecule has 0 saturated carbocycles. The molecule has 1 saturated heterocycles. The van der Waals surface area contributed by atoms with Gasteiger partial charge in [-0.3, -0.25) is 4.79 Å². The largest absolute Gasteiger partial charge is 0.320 e. The van der Waals surface area contributed by atoms with Crippen molar-refractivity contribution in [3.8, 4) is 0 Å². The predicted molar refractivity (Wildman–Crippen MR) is 52.8 cm³/mol. The molecule has 0 aliphatic carbocycles. The Morgan fingerprint density at radius 2 is 2.25 bits per heavy atom. The number of hydrogen-bond acceptors (Lipinski definition) is 2. The monoisotopic (exact) mass is 185 g/mol. The van der Waals surface area contributed by atoms with Gasteiger partial charge in [0.25, 0.3) is 0 Å². The van der Waals surface area contributed by atoms with Crippen LogP contribution in [0.5, 0.6) is 0 Å². The standard InChI is InChI=1S/C9H15NOS/c1-3-7(4-2)5-9-10-8(11)6-12-9/h5,7H,3-4,6H2,1-2H3,(H,10,11). The first kappa shape index (κ1) is 9.65. The van der Waals surface area contributed by atoms with E-state index in [1.54, 1.807) is 11.8 Å². The molecule has 1 N–H and O–H groups in total. The first-order chi connectivity index (χ1) is 5.76. The summed E-state index contributed by atoms with van der Waals surface area (Å²) < 4.78 is 0. The summed E-state index contributed by atoms with van der Waals surface area (Å²) in [4.78, 5) is 10.8. The van der Waals surface area contributed by atoms with E-state index in [1.165, 1.54) is 0 Å². The number of hydrogen-bond donors (Lipinski definition) is 1. The van der Waals surface area contributed by atoms with E-state index in [9.17, 15) is 4.79 Å². The van der Waals surface area contributed by atoms with Gasteiger partial charge in [0.2, 0.25) is 5.91 Å². The van der Waals surface area contributed by atoms with E-state index in [4.69, 9.17) is 0 Å². The third-order valence-electron chi connectivity index (χ3n) is 2.06. The van der Waals surface area contributed by atoms with E-state index in [-0.39, 0.29) is 5.91 Å². The van der Waals surface area contributed by atoms with Crippen molar-refractivity contribution in [1.82, 2.24) is 5.32 Å². The van der Waals surface area contributed by atoms with E-state index < -0.39 is 0 Å². The van der Waals surface area contributed by atoms with Gasteiger partial charge in [-0.2, -0.15) is 0 Å². The highest BCUT2D eigenvalue weighted by molar-refractivity contribution is 8.04. The van der Waals surface area contributed by atoms with Crippen LogP contribution in [0.15, 0.2) is 11.1 Å². The van der Waals surface area contributed by atoms with Crippen molar-refractivity contribution in [2.45, 2.75) is 26.7 Å². The second-order valence-electron chi connectivity index (χ2n) is 2.94. The molecule has 1 aliphatic rings. The molecular weight excluding hydrogens is 170 g/mol. The van der Waals surface area contributed by atoms with Crippen LogP contribution >= 0.6 is 11.8 Å². The minimum absolute atomic E-state index is 0.136. The Morgan fingerprint density at radius 3 is 2.67 bits per heavy atom. The molecule has 1 aliphatic heterocycles. The fraction of sp³-hybridized carbons (Fsp3) is 0.667. The molecule has 0 aromatic rings. The number of nitrogens with one attached hydrogen (secondary N) is 1. The van der Waals surface area contributed by atoms with Crippen LogP contribution in [0.2, 0.25) is 0 Å². The molecule has 1 heterocycles. The smallest absolute Gasteiger partial charge is 0.235 e. The predicted octanol–water partition coefficient (Wildman–Crippen LogP) is 2.13. The summed E-state index contributed by atoms with van der Waals surface area (Å²) in [6, 6.07) is 0. The van der Waals surface area contributed by atoms with Gasteiger partial charge in [-0.1, -0.05) is 31.7 Å². The molecule has 0 spiro atoms. The summed E-state index contributed by atoms with van der Waals surface area (Å²) in [5.41, 5.74) is 0. The quantitative estimate of drug-likeness (QED) is 0.729. The molecule has 1 amide bonds. The van der Waals surface area contributed by atoms with Crippen LogP contribution < -0.4 is 5.32 Å². The third-order valence-corrected chi connectivity index (χ3v) is 3.01. The minimum Gasteiger partial charge on any atom is -0.320 e. The molecule has 3 heteroatoms. The summed E-state index contributed by atoms with van der Waals surface area (Å²) in [5, 5.41) is 3.89. The highest BCUT2D eigenvalue weighted by atomic mass is 32.2. The Balaban J connectivity index is 2.50. The van der Waals surface area contributed by atoms with Crippen molar-refractivity contribution in [2.75, 3.05) is 5.75 Å². The lowest BCUT2D eigenvalue weighted by molar-refractivity contribution is -0.117. The Hall–Kier alpha value is -0.440. The Morgan fingerprint density at radius 1 is 1.58 bits per heavy atom. The minimum atomic E-state index is 0.136. The van der Waals surface area contributed by atoms with Gasteiger partial charge in [0.05, 0.1) is 10.8 Å². The van der Waals surface area contributed by atoms with E-state index >= 15 is 0 Å². The summed E-state index contributed by atoms with van der Waals surface area (Å²) in [7, 11) is 0. The van der Waals surface area contributed by atoms with Gasteiger partial charge in [0, 0.05) is 0 Å².